The molecule has 6 rings (SSSR count). The summed E-state index contributed by atoms with van der Waals surface area (Å²) in [5.74, 6) is 3.29. The van der Waals surface area contributed by atoms with Crippen molar-refractivity contribution in [3.63, 3.8) is 0 Å². The molecule has 0 spiro atoms. The highest BCUT2D eigenvalue weighted by Gasteiger charge is 2.53. The largest absolute Gasteiger partial charge is 0.335 e. The summed E-state index contributed by atoms with van der Waals surface area (Å²) < 4.78 is 24.1. The number of nitrogens with one attached hydrogen (secondary N) is 1. The van der Waals surface area contributed by atoms with Crippen molar-refractivity contribution in [2.75, 3.05) is 18.1 Å². The first-order valence-electron chi connectivity index (χ1n) is 12.1. The monoisotopic (exact) mass is 422 g/mol. The molecule has 29 heavy (non-hydrogen) atoms. The summed E-state index contributed by atoms with van der Waals surface area (Å²) in [5, 5.41) is 3.65. The number of rotatable bonds is 6. The van der Waals surface area contributed by atoms with E-state index < -0.39 is 9.84 Å². The van der Waals surface area contributed by atoms with Crippen molar-refractivity contribution in [3.8, 4) is 0 Å². The van der Waals surface area contributed by atoms with Crippen molar-refractivity contribution in [3.05, 3.63) is 0 Å². The SMILES string of the molecule is C[C@@H](NCC(=O)N(C1CCCC1)[C@H]1CCS(=O)(=O)C1)C12CC3CC(CC(C3)C1)C2. The van der Waals surface area contributed by atoms with Gasteiger partial charge in [0.1, 0.15) is 0 Å². The number of hydrogen-bond donors (Lipinski definition) is 1. The average molecular weight is 423 g/mol. The van der Waals surface area contributed by atoms with Crippen molar-refractivity contribution in [1.82, 2.24) is 10.2 Å². The van der Waals surface area contributed by atoms with E-state index in [4.69, 9.17) is 0 Å². The molecule has 164 valence electrons. The van der Waals surface area contributed by atoms with Crippen molar-refractivity contribution in [1.29, 1.82) is 0 Å². The summed E-state index contributed by atoms with van der Waals surface area (Å²) >= 11 is 0. The van der Waals surface area contributed by atoms with Crippen molar-refractivity contribution >= 4 is 15.7 Å². The Kier molecular flexibility index (Phi) is 5.25. The lowest BCUT2D eigenvalue weighted by atomic mass is 9.48. The Morgan fingerprint density at radius 2 is 1.59 bits per heavy atom. The Bertz CT molecular complexity index is 708. The van der Waals surface area contributed by atoms with Crippen LogP contribution in [0.3, 0.4) is 0 Å². The molecule has 0 aromatic rings. The maximum atomic E-state index is 13.3. The van der Waals surface area contributed by atoms with Gasteiger partial charge in [-0.05, 0) is 87.9 Å². The zero-order valence-corrected chi connectivity index (χ0v) is 18.8. The molecular weight excluding hydrogens is 384 g/mol. The number of nitrogens with zero attached hydrogens (tertiary/aromatic N) is 1. The van der Waals surface area contributed by atoms with Gasteiger partial charge in [0.25, 0.3) is 0 Å². The van der Waals surface area contributed by atoms with E-state index >= 15 is 0 Å². The Hall–Kier alpha value is -0.620. The zero-order chi connectivity index (χ0) is 20.2. The summed E-state index contributed by atoms with van der Waals surface area (Å²) in [5.41, 5.74) is 0.393. The van der Waals surface area contributed by atoms with Crippen LogP contribution in [-0.4, -0.2) is 55.4 Å². The summed E-state index contributed by atoms with van der Waals surface area (Å²) in [6, 6.07) is 0.516. The summed E-state index contributed by atoms with van der Waals surface area (Å²) in [4.78, 5) is 15.3. The van der Waals surface area contributed by atoms with Gasteiger partial charge in [-0.2, -0.15) is 0 Å². The highest BCUT2D eigenvalue weighted by atomic mass is 32.2. The van der Waals surface area contributed by atoms with Crippen LogP contribution in [0.4, 0.5) is 0 Å². The van der Waals surface area contributed by atoms with Crippen LogP contribution in [0.5, 0.6) is 0 Å². The van der Waals surface area contributed by atoms with Crippen molar-refractivity contribution < 1.29 is 13.2 Å². The first-order valence-corrected chi connectivity index (χ1v) is 13.9. The smallest absolute Gasteiger partial charge is 0.237 e. The summed E-state index contributed by atoms with van der Waals surface area (Å²) in [6.07, 6.45) is 13.4. The Morgan fingerprint density at radius 3 is 2.10 bits per heavy atom. The van der Waals surface area contributed by atoms with E-state index in [2.05, 4.69) is 12.2 Å². The van der Waals surface area contributed by atoms with Crippen molar-refractivity contribution in [2.24, 2.45) is 23.2 Å². The number of amides is 1. The van der Waals surface area contributed by atoms with Crippen LogP contribution in [0.15, 0.2) is 0 Å². The molecule has 1 N–H and O–H groups in total. The minimum Gasteiger partial charge on any atom is -0.335 e. The van der Waals surface area contributed by atoms with Crippen LogP contribution in [0.25, 0.3) is 0 Å². The molecule has 5 saturated carbocycles. The van der Waals surface area contributed by atoms with E-state index in [0.717, 1.165) is 43.4 Å². The van der Waals surface area contributed by atoms with Crippen LogP contribution in [-0.2, 0) is 14.6 Å². The van der Waals surface area contributed by atoms with Gasteiger partial charge in [0.2, 0.25) is 5.91 Å². The molecule has 2 atom stereocenters. The number of carbonyl (C=O) groups excluding carboxylic acids is 1. The Balaban J connectivity index is 1.24. The van der Waals surface area contributed by atoms with E-state index in [-0.39, 0.29) is 29.5 Å². The molecule has 0 unspecified atom stereocenters. The van der Waals surface area contributed by atoms with E-state index in [0.29, 0.717) is 24.4 Å². The maximum absolute atomic E-state index is 13.3. The maximum Gasteiger partial charge on any atom is 0.237 e. The predicted molar refractivity (Wildman–Crippen MR) is 114 cm³/mol. The highest BCUT2D eigenvalue weighted by Crippen LogP contribution is 2.61. The third kappa shape index (κ3) is 3.88. The van der Waals surface area contributed by atoms with Gasteiger partial charge in [0.05, 0.1) is 18.1 Å². The third-order valence-corrected chi connectivity index (χ3v) is 10.9. The number of hydrogen-bond acceptors (Lipinski definition) is 4. The molecule has 4 bridgehead atoms. The van der Waals surface area contributed by atoms with E-state index in [1.807, 2.05) is 4.90 Å². The highest BCUT2D eigenvalue weighted by molar-refractivity contribution is 7.91. The first kappa shape index (κ1) is 20.3. The normalized spacial score (nSPS) is 41.7. The average Bonchev–Trinajstić information content (AvgIpc) is 3.29. The molecular formula is C23H38N2O3S. The molecule has 1 amide bonds. The van der Waals surface area contributed by atoms with Crippen LogP contribution in [0.1, 0.15) is 77.6 Å². The van der Waals surface area contributed by atoms with E-state index in [1.165, 1.54) is 38.5 Å². The van der Waals surface area contributed by atoms with Gasteiger partial charge in [-0.15, -0.1) is 0 Å². The quantitative estimate of drug-likeness (QED) is 0.714. The second-order valence-corrected chi connectivity index (χ2v) is 13.4. The minimum atomic E-state index is -2.98. The number of carbonyl (C=O) groups is 1. The van der Waals surface area contributed by atoms with Gasteiger partial charge in [-0.3, -0.25) is 4.79 Å². The first-order chi connectivity index (χ1) is 13.8. The van der Waals surface area contributed by atoms with Gasteiger partial charge in [-0.25, -0.2) is 8.42 Å². The molecule has 5 nitrogen and oxygen atoms in total. The fourth-order valence-corrected chi connectivity index (χ4v) is 9.85. The predicted octanol–water partition coefficient (Wildman–Crippen LogP) is 3.14. The van der Waals surface area contributed by atoms with Gasteiger partial charge in [0, 0.05) is 18.1 Å². The van der Waals surface area contributed by atoms with Crippen molar-refractivity contribution in [2.45, 2.75) is 95.7 Å². The van der Waals surface area contributed by atoms with Crippen LogP contribution in [0, 0.1) is 23.2 Å². The molecule has 6 fully saturated rings. The van der Waals surface area contributed by atoms with Gasteiger partial charge in [0.15, 0.2) is 9.84 Å². The standard InChI is InChI=1S/C23H38N2O3S/c1-16(23-11-17-8-18(12-23)10-19(9-17)13-23)24-14-22(26)25(20-4-2-3-5-20)21-6-7-29(27,28)15-21/h16-21,24H,2-15H2,1H3/t16-,17?,18?,19?,21+,23?/m1/s1. The molecule has 0 aromatic carbocycles. The second kappa shape index (κ2) is 7.51. The van der Waals surface area contributed by atoms with E-state index in [9.17, 15) is 13.2 Å². The minimum absolute atomic E-state index is 0.104. The lowest BCUT2D eigenvalue weighted by molar-refractivity contribution is -0.135. The number of sulfone groups is 1. The molecule has 5 aliphatic carbocycles. The second-order valence-electron chi connectivity index (χ2n) is 11.2. The molecule has 0 aromatic heterocycles. The van der Waals surface area contributed by atoms with Gasteiger partial charge >= 0.3 is 0 Å². The van der Waals surface area contributed by atoms with Crippen LogP contribution < -0.4 is 5.32 Å². The van der Waals surface area contributed by atoms with Crippen LogP contribution in [0.2, 0.25) is 0 Å². The molecule has 1 aliphatic heterocycles. The Morgan fingerprint density at radius 1 is 1.00 bits per heavy atom. The fourth-order valence-electron chi connectivity index (χ4n) is 8.14. The molecule has 6 aliphatic rings. The third-order valence-electron chi connectivity index (χ3n) is 9.17. The molecule has 1 heterocycles. The lowest BCUT2D eigenvalue weighted by Crippen LogP contribution is -2.57. The fraction of sp³-hybridized carbons (Fsp3) is 0.957. The topological polar surface area (TPSA) is 66.5 Å². The molecule has 0 radical (unpaired) electrons. The van der Waals surface area contributed by atoms with Gasteiger partial charge in [-0.1, -0.05) is 12.8 Å². The van der Waals surface area contributed by atoms with Crippen LogP contribution >= 0.6 is 0 Å². The summed E-state index contributed by atoms with van der Waals surface area (Å²) in [6.45, 7) is 2.68. The lowest BCUT2D eigenvalue weighted by Gasteiger charge is -2.59. The van der Waals surface area contributed by atoms with Gasteiger partial charge < -0.3 is 10.2 Å². The van der Waals surface area contributed by atoms with E-state index in [1.54, 1.807) is 0 Å². The molecule has 1 saturated heterocycles. The zero-order valence-electron chi connectivity index (χ0n) is 17.9. The summed E-state index contributed by atoms with van der Waals surface area (Å²) in [7, 11) is -2.98. The molecule has 6 heteroatoms. The Labute approximate surface area is 176 Å².